The second-order valence-electron chi connectivity index (χ2n) is 3.35. The molecule has 1 aliphatic heterocycles. The quantitative estimate of drug-likeness (QED) is 0.405. The van der Waals surface area contributed by atoms with Crippen LogP contribution in [0.3, 0.4) is 0 Å². The van der Waals surface area contributed by atoms with Gasteiger partial charge in [0.05, 0.1) is 12.5 Å². The van der Waals surface area contributed by atoms with Gasteiger partial charge >= 0.3 is 5.97 Å². The fourth-order valence-electron chi connectivity index (χ4n) is 1.47. The highest BCUT2D eigenvalue weighted by Gasteiger charge is 2.31. The normalized spacial score (nSPS) is 25.3. The summed E-state index contributed by atoms with van der Waals surface area (Å²) in [6.45, 7) is 2.13. The molecule has 1 unspecified atom stereocenters. The number of carbonyl (C=O) groups excluding carboxylic acids is 1. The summed E-state index contributed by atoms with van der Waals surface area (Å²) in [5.74, 6) is 11.3. The minimum Gasteiger partial charge on any atom is -0.464 e. The number of hydrogen-bond acceptors (Lipinski definition) is 4. The zero-order chi connectivity index (χ0) is 10.8. The van der Waals surface area contributed by atoms with Crippen molar-refractivity contribution in [3.8, 4) is 11.8 Å². The lowest BCUT2D eigenvalue weighted by Crippen LogP contribution is -2.41. The molecular weight excluding hydrogens is 192 g/mol. The molecule has 0 saturated carbocycles. The molecule has 1 aliphatic carbocycles. The predicted molar refractivity (Wildman–Crippen MR) is 54.9 cm³/mol. The van der Waals surface area contributed by atoms with Gasteiger partial charge in [-0.3, -0.25) is 5.01 Å². The number of rotatable bonds is 3. The van der Waals surface area contributed by atoms with Gasteiger partial charge in [0.2, 0.25) is 0 Å². The fourth-order valence-corrected chi connectivity index (χ4v) is 1.47. The molecule has 4 heteroatoms. The standard InChI is InChI=1S/C11H12N2O2/c1-2-15-11(14)10-9(5-6-13(10)12)7-8-3-4-8/h5-8,10H,2,12H2,1H3. The van der Waals surface area contributed by atoms with Crippen molar-refractivity contribution in [2.75, 3.05) is 6.61 Å². The molecule has 1 atom stereocenters. The summed E-state index contributed by atoms with van der Waals surface area (Å²) in [5, 5.41) is 1.35. The number of hydrogen-bond donors (Lipinski definition) is 1. The van der Waals surface area contributed by atoms with Gasteiger partial charge in [0.15, 0.2) is 6.04 Å². The predicted octanol–water partition coefficient (Wildman–Crippen LogP) is 0.181. The van der Waals surface area contributed by atoms with E-state index in [-0.39, 0.29) is 11.9 Å². The van der Waals surface area contributed by atoms with Crippen LogP contribution in [0.2, 0.25) is 0 Å². The van der Waals surface area contributed by atoms with Crippen molar-refractivity contribution in [2.45, 2.75) is 13.0 Å². The Kier molecular flexibility index (Phi) is 2.48. The summed E-state index contributed by atoms with van der Waals surface area (Å²) in [7, 11) is 0. The van der Waals surface area contributed by atoms with E-state index in [0.29, 0.717) is 6.61 Å². The van der Waals surface area contributed by atoms with Crippen LogP contribution in [0.15, 0.2) is 23.9 Å². The Labute approximate surface area is 88.3 Å². The molecule has 0 amide bonds. The highest BCUT2D eigenvalue weighted by molar-refractivity contribution is 5.81. The van der Waals surface area contributed by atoms with E-state index in [1.54, 1.807) is 13.1 Å². The summed E-state index contributed by atoms with van der Waals surface area (Å²) in [6.07, 6.45) is 5.38. The lowest BCUT2D eigenvalue weighted by Gasteiger charge is -2.19. The van der Waals surface area contributed by atoms with Crippen molar-refractivity contribution in [2.24, 2.45) is 11.8 Å². The zero-order valence-corrected chi connectivity index (χ0v) is 8.43. The number of carbonyl (C=O) groups is 1. The van der Waals surface area contributed by atoms with Crippen LogP contribution >= 0.6 is 0 Å². The monoisotopic (exact) mass is 204 g/mol. The van der Waals surface area contributed by atoms with E-state index in [1.807, 2.05) is 12.2 Å². The summed E-state index contributed by atoms with van der Waals surface area (Å²) in [5.41, 5.74) is 0.846. The second-order valence-corrected chi connectivity index (χ2v) is 3.35. The maximum atomic E-state index is 11.6. The van der Waals surface area contributed by atoms with E-state index in [4.69, 9.17) is 10.6 Å². The Morgan fingerprint density at radius 1 is 1.73 bits per heavy atom. The molecule has 0 saturated heterocycles. The highest BCUT2D eigenvalue weighted by atomic mass is 16.5. The number of allylic oxidation sites excluding steroid dienone is 1. The lowest BCUT2D eigenvalue weighted by atomic mass is 10.1. The van der Waals surface area contributed by atoms with Gasteiger partial charge in [0, 0.05) is 6.20 Å². The van der Waals surface area contributed by atoms with E-state index < -0.39 is 6.04 Å². The summed E-state index contributed by atoms with van der Waals surface area (Å²) < 4.78 is 4.95. The maximum Gasteiger partial charge on any atom is 0.334 e. The second kappa shape index (κ2) is 3.79. The summed E-state index contributed by atoms with van der Waals surface area (Å²) in [6, 6.07) is -0.519. The summed E-state index contributed by atoms with van der Waals surface area (Å²) in [4.78, 5) is 11.6. The molecule has 4 nitrogen and oxygen atoms in total. The lowest BCUT2D eigenvalue weighted by molar-refractivity contribution is -0.146. The van der Waals surface area contributed by atoms with Crippen molar-refractivity contribution in [3.05, 3.63) is 23.9 Å². The molecule has 0 aromatic carbocycles. The van der Waals surface area contributed by atoms with E-state index in [2.05, 4.69) is 11.8 Å². The molecule has 0 aromatic heterocycles. The molecule has 78 valence electrons. The molecule has 0 bridgehead atoms. The number of ether oxygens (including phenoxy) is 1. The molecule has 1 heterocycles. The third kappa shape index (κ3) is 2.03. The molecule has 2 rings (SSSR count). The number of nitrogens with zero attached hydrogens (tertiary/aromatic N) is 1. The Bertz CT molecular complexity index is 393. The van der Waals surface area contributed by atoms with Crippen LogP contribution in [0.25, 0.3) is 0 Å². The van der Waals surface area contributed by atoms with Gasteiger partial charge in [-0.15, -0.1) is 0 Å². The zero-order valence-electron chi connectivity index (χ0n) is 8.43. The number of nitrogens with two attached hydrogens (primary N) is 1. The van der Waals surface area contributed by atoms with Gasteiger partial charge in [-0.25, -0.2) is 10.6 Å². The highest BCUT2D eigenvalue weighted by Crippen LogP contribution is 2.22. The van der Waals surface area contributed by atoms with Crippen LogP contribution in [0, 0.1) is 17.8 Å². The first-order valence-corrected chi connectivity index (χ1v) is 4.83. The van der Waals surface area contributed by atoms with Gasteiger partial charge in [0.25, 0.3) is 0 Å². The van der Waals surface area contributed by atoms with Gasteiger partial charge < -0.3 is 4.74 Å². The fraction of sp³-hybridized carbons (Fsp3) is 0.364. The first-order valence-electron chi connectivity index (χ1n) is 4.83. The van der Waals surface area contributed by atoms with E-state index >= 15 is 0 Å². The van der Waals surface area contributed by atoms with E-state index in [1.165, 1.54) is 5.01 Å². The minimum atomic E-state index is -0.519. The van der Waals surface area contributed by atoms with Crippen molar-refractivity contribution in [1.29, 1.82) is 0 Å². The Morgan fingerprint density at radius 3 is 3.07 bits per heavy atom. The van der Waals surface area contributed by atoms with Crippen LogP contribution in [0.1, 0.15) is 6.92 Å². The van der Waals surface area contributed by atoms with E-state index in [0.717, 1.165) is 5.57 Å². The van der Waals surface area contributed by atoms with Crippen LogP contribution in [-0.4, -0.2) is 23.6 Å². The van der Waals surface area contributed by atoms with Gasteiger partial charge in [-0.1, -0.05) is 17.9 Å². The molecule has 2 N–H and O–H groups in total. The third-order valence-electron chi connectivity index (χ3n) is 2.23. The molecule has 0 radical (unpaired) electrons. The number of esters is 1. The van der Waals surface area contributed by atoms with Gasteiger partial charge in [0.1, 0.15) is 0 Å². The minimum absolute atomic E-state index is 0.132. The Balaban J connectivity index is 2.09. The van der Waals surface area contributed by atoms with E-state index in [9.17, 15) is 4.79 Å². The van der Waals surface area contributed by atoms with Crippen molar-refractivity contribution in [3.63, 3.8) is 0 Å². The van der Waals surface area contributed by atoms with Crippen LogP contribution in [0.5, 0.6) is 0 Å². The topological polar surface area (TPSA) is 55.6 Å². The smallest absolute Gasteiger partial charge is 0.334 e. The largest absolute Gasteiger partial charge is 0.464 e. The van der Waals surface area contributed by atoms with Crippen molar-refractivity contribution >= 4 is 5.97 Å². The Hall–Kier alpha value is -1.73. The molecule has 0 aromatic rings. The number of hydrazine groups is 1. The molecule has 2 aliphatic rings. The van der Waals surface area contributed by atoms with Gasteiger partial charge in [-0.05, 0) is 18.6 Å². The van der Waals surface area contributed by atoms with Gasteiger partial charge in [-0.2, -0.15) is 0 Å². The first kappa shape index (κ1) is 9.81. The molecule has 15 heavy (non-hydrogen) atoms. The van der Waals surface area contributed by atoms with Crippen LogP contribution in [-0.2, 0) is 9.53 Å². The molecule has 0 fully saturated rings. The average Bonchev–Trinajstić information content (AvgIpc) is 2.91. The Morgan fingerprint density at radius 2 is 2.47 bits per heavy atom. The SMILES string of the molecule is CCOC(=O)C1C(=CC2C#C2)C=CN1N. The molecule has 0 spiro atoms. The van der Waals surface area contributed by atoms with Crippen molar-refractivity contribution in [1.82, 2.24) is 5.01 Å². The maximum absolute atomic E-state index is 11.6. The third-order valence-corrected chi connectivity index (χ3v) is 2.23. The van der Waals surface area contributed by atoms with Crippen LogP contribution < -0.4 is 5.84 Å². The average molecular weight is 204 g/mol. The van der Waals surface area contributed by atoms with Crippen LogP contribution in [0.4, 0.5) is 0 Å². The first-order chi connectivity index (χ1) is 7.22. The summed E-state index contributed by atoms with van der Waals surface area (Å²) >= 11 is 0. The van der Waals surface area contributed by atoms with Crippen molar-refractivity contribution < 1.29 is 9.53 Å². The molecular formula is C11H12N2O2.